The Morgan fingerprint density at radius 3 is 1.70 bits per heavy atom. The van der Waals surface area contributed by atoms with Crippen LogP contribution in [0.25, 0.3) is 0 Å². The van der Waals surface area contributed by atoms with Crippen molar-refractivity contribution in [3.63, 3.8) is 0 Å². The number of carbonyl (C=O) groups is 8. The Hall–Kier alpha value is -5.18. The quantitative estimate of drug-likeness (QED) is 0.0405. The van der Waals surface area contributed by atoms with Crippen LogP contribution in [0.2, 0.25) is 0 Å². The maximum atomic E-state index is 13.7. The van der Waals surface area contributed by atoms with Crippen LogP contribution in [-0.2, 0) is 44.8 Å². The first-order valence-corrected chi connectivity index (χ1v) is 18.9. The van der Waals surface area contributed by atoms with E-state index in [9.17, 15) is 58.8 Å². The number of nitrogens with one attached hydrogen (secondary N) is 6. The Morgan fingerprint density at radius 2 is 1.18 bits per heavy atom. The number of aliphatic carboxylic acids is 2. The number of carbonyl (C=O) groups excluding carboxylic acids is 6. The summed E-state index contributed by atoms with van der Waals surface area (Å²) in [5, 5.41) is 53.5. The summed E-state index contributed by atoms with van der Waals surface area (Å²) in [4.78, 5) is 103. The molecule has 6 amide bonds. The molecule has 0 unspecified atom stereocenters. The summed E-state index contributed by atoms with van der Waals surface area (Å²) in [6.07, 6.45) is 0.0247. The van der Waals surface area contributed by atoms with E-state index in [4.69, 9.17) is 11.5 Å². The highest BCUT2D eigenvalue weighted by Gasteiger charge is 2.35. The van der Waals surface area contributed by atoms with Crippen molar-refractivity contribution >= 4 is 47.4 Å². The van der Waals surface area contributed by atoms with Crippen LogP contribution in [0.1, 0.15) is 78.2 Å². The molecule has 57 heavy (non-hydrogen) atoms. The average molecular weight is 809 g/mol. The zero-order chi connectivity index (χ0) is 43.2. The summed E-state index contributed by atoms with van der Waals surface area (Å²) in [6, 6.07) is -1.86. The van der Waals surface area contributed by atoms with E-state index in [1.807, 2.05) is 6.92 Å². The third kappa shape index (κ3) is 18.1. The van der Waals surface area contributed by atoms with E-state index in [1.165, 1.54) is 6.92 Å². The highest BCUT2D eigenvalue weighted by Crippen LogP contribution is 2.10. The van der Waals surface area contributed by atoms with Crippen LogP contribution in [0.5, 0.6) is 0 Å². The number of nitrogens with two attached hydrogens (primary N) is 2. The minimum absolute atomic E-state index is 0.133. The van der Waals surface area contributed by atoms with Gasteiger partial charge in [0.25, 0.3) is 0 Å². The molecule has 320 valence electrons. The van der Waals surface area contributed by atoms with Crippen LogP contribution in [-0.4, -0.2) is 129 Å². The third-order valence-corrected chi connectivity index (χ3v) is 8.82. The van der Waals surface area contributed by atoms with Crippen LogP contribution in [0.3, 0.4) is 0 Å². The Bertz CT molecular complexity index is 1500. The Balaban J connectivity index is 3.25. The van der Waals surface area contributed by atoms with E-state index >= 15 is 0 Å². The maximum Gasteiger partial charge on any atom is 0.326 e. The number of hydrogen-bond donors (Lipinski definition) is 12. The molecule has 0 saturated heterocycles. The summed E-state index contributed by atoms with van der Waals surface area (Å²) in [5.74, 6) is -9.24. The normalized spacial score (nSPS) is 15.3. The Kier molecular flexibility index (Phi) is 22.6. The second kappa shape index (κ2) is 25.9. The lowest BCUT2D eigenvalue weighted by molar-refractivity contribution is -0.143. The van der Waals surface area contributed by atoms with Gasteiger partial charge in [-0.15, -0.1) is 0 Å². The number of aliphatic hydroxyl groups excluding tert-OH is 2. The fourth-order valence-electron chi connectivity index (χ4n) is 5.46. The molecule has 20 heteroatoms. The molecule has 0 aliphatic carbocycles. The number of carboxylic acid groups (broad SMARTS) is 2. The molecule has 0 aromatic heterocycles. The number of aliphatic hydroxyl groups is 2. The van der Waals surface area contributed by atoms with Gasteiger partial charge in [0.1, 0.15) is 36.3 Å². The van der Waals surface area contributed by atoms with Gasteiger partial charge in [0.15, 0.2) is 0 Å². The summed E-state index contributed by atoms with van der Waals surface area (Å²) in [7, 11) is 0. The molecule has 0 heterocycles. The van der Waals surface area contributed by atoms with Gasteiger partial charge in [0.2, 0.25) is 35.4 Å². The Morgan fingerprint density at radius 1 is 0.649 bits per heavy atom. The van der Waals surface area contributed by atoms with Gasteiger partial charge in [0.05, 0.1) is 25.2 Å². The van der Waals surface area contributed by atoms with Crippen molar-refractivity contribution in [2.24, 2.45) is 17.4 Å². The van der Waals surface area contributed by atoms with Crippen LogP contribution >= 0.6 is 0 Å². The second-order valence-corrected chi connectivity index (χ2v) is 14.0. The monoisotopic (exact) mass is 808 g/mol. The second-order valence-electron chi connectivity index (χ2n) is 14.0. The summed E-state index contributed by atoms with van der Waals surface area (Å²) >= 11 is 0. The topological polar surface area (TPSA) is 342 Å². The van der Waals surface area contributed by atoms with Crippen molar-refractivity contribution in [3.05, 3.63) is 35.9 Å². The first-order chi connectivity index (χ1) is 26.9. The minimum Gasteiger partial charge on any atom is -0.481 e. The maximum absolute atomic E-state index is 13.7. The van der Waals surface area contributed by atoms with Gasteiger partial charge in [-0.2, -0.15) is 0 Å². The van der Waals surface area contributed by atoms with E-state index in [-0.39, 0.29) is 19.3 Å². The standard InChI is InChI=1S/C37H60N8O12/c1-5-6-15-24(37(56)57)40-35(54)29(20(2)3)44-33(52)25(17-22-12-8-7-9-13-22)41-34(53)27(19-46)43-32(51)26(18-28(48)49)42-36(55)30(21(4)47)45-31(50)23(39)14-10-11-16-38/h7-9,12-13,20-21,23-27,29-30,46-47H,5-6,10-11,14-19,38-39H2,1-4H3,(H,40,54)(H,41,53)(H,42,55)(H,43,51)(H,44,52)(H,45,50)(H,48,49)(H,56,57)/t21-,23+,24+,25+,26+,27+,29+,30+/m1/s1. The van der Waals surface area contributed by atoms with Crippen molar-refractivity contribution in [1.29, 1.82) is 0 Å². The van der Waals surface area contributed by atoms with Crippen molar-refractivity contribution < 1.29 is 58.8 Å². The van der Waals surface area contributed by atoms with Gasteiger partial charge in [-0.3, -0.25) is 33.6 Å². The number of rotatable bonds is 27. The van der Waals surface area contributed by atoms with Gasteiger partial charge in [-0.25, -0.2) is 4.79 Å². The molecule has 14 N–H and O–H groups in total. The predicted molar refractivity (Wildman–Crippen MR) is 206 cm³/mol. The number of amides is 6. The molecule has 1 rings (SSSR count). The molecule has 0 radical (unpaired) electrons. The van der Waals surface area contributed by atoms with E-state index in [1.54, 1.807) is 44.2 Å². The van der Waals surface area contributed by atoms with Gasteiger partial charge in [0, 0.05) is 6.42 Å². The first kappa shape index (κ1) is 49.8. The molecule has 20 nitrogen and oxygen atoms in total. The molecule has 8 atom stereocenters. The molecule has 0 aliphatic heterocycles. The lowest BCUT2D eigenvalue weighted by Crippen LogP contribution is -2.62. The van der Waals surface area contributed by atoms with Gasteiger partial charge < -0.3 is 63.8 Å². The largest absolute Gasteiger partial charge is 0.481 e. The highest BCUT2D eigenvalue weighted by molar-refractivity contribution is 5.98. The zero-order valence-electron chi connectivity index (χ0n) is 32.9. The predicted octanol–water partition coefficient (Wildman–Crippen LogP) is -2.63. The number of benzene rings is 1. The summed E-state index contributed by atoms with van der Waals surface area (Å²) in [6.45, 7) is 5.60. The van der Waals surface area contributed by atoms with E-state index in [2.05, 4.69) is 31.9 Å². The van der Waals surface area contributed by atoms with Crippen LogP contribution in [0, 0.1) is 5.92 Å². The van der Waals surface area contributed by atoms with E-state index in [0.717, 1.165) is 0 Å². The highest BCUT2D eigenvalue weighted by atomic mass is 16.4. The molecular formula is C37H60N8O12. The van der Waals surface area contributed by atoms with Crippen molar-refractivity contribution in [2.45, 2.75) is 127 Å². The lowest BCUT2D eigenvalue weighted by Gasteiger charge is -2.28. The number of carboxylic acids is 2. The third-order valence-electron chi connectivity index (χ3n) is 8.82. The number of unbranched alkanes of at least 4 members (excludes halogenated alkanes) is 2. The molecular weight excluding hydrogens is 748 g/mol. The van der Waals surface area contributed by atoms with Crippen LogP contribution in [0.15, 0.2) is 30.3 Å². The van der Waals surface area contributed by atoms with Gasteiger partial charge >= 0.3 is 11.9 Å². The Labute approximate surface area is 331 Å². The fraction of sp³-hybridized carbons (Fsp3) is 0.622. The van der Waals surface area contributed by atoms with Crippen LogP contribution in [0.4, 0.5) is 0 Å². The molecule has 0 spiro atoms. The minimum atomic E-state index is -1.88. The van der Waals surface area contributed by atoms with Crippen LogP contribution < -0.4 is 43.4 Å². The molecule has 1 aromatic carbocycles. The molecule has 0 fully saturated rings. The van der Waals surface area contributed by atoms with Gasteiger partial charge in [-0.05, 0) is 44.2 Å². The molecule has 0 aliphatic rings. The summed E-state index contributed by atoms with van der Waals surface area (Å²) < 4.78 is 0. The van der Waals surface area contributed by atoms with Crippen molar-refractivity contribution in [2.75, 3.05) is 13.2 Å². The van der Waals surface area contributed by atoms with E-state index < -0.39 is 115 Å². The van der Waals surface area contributed by atoms with Gasteiger partial charge in [-0.1, -0.05) is 70.4 Å². The molecule has 0 bridgehead atoms. The molecule has 0 saturated carbocycles. The number of hydrogen-bond acceptors (Lipinski definition) is 12. The average Bonchev–Trinajstić information content (AvgIpc) is 3.15. The summed E-state index contributed by atoms with van der Waals surface area (Å²) in [5.41, 5.74) is 11.9. The molecule has 1 aromatic rings. The smallest absolute Gasteiger partial charge is 0.326 e. The zero-order valence-corrected chi connectivity index (χ0v) is 32.9. The van der Waals surface area contributed by atoms with Crippen molar-refractivity contribution in [3.8, 4) is 0 Å². The fourth-order valence-corrected chi connectivity index (χ4v) is 5.46. The first-order valence-electron chi connectivity index (χ1n) is 18.9. The van der Waals surface area contributed by atoms with Crippen molar-refractivity contribution in [1.82, 2.24) is 31.9 Å². The van der Waals surface area contributed by atoms with E-state index in [0.29, 0.717) is 37.8 Å². The SMILES string of the molecule is CCCC[C@H](NC(=O)[C@@H](NC(=O)[C@H](Cc1ccccc1)NC(=O)[C@H](CO)NC(=O)[C@H](CC(=O)O)NC(=O)[C@@H](NC(=O)[C@@H](N)CCCCN)[C@@H](C)O)C(C)C)C(=O)O. The lowest BCUT2D eigenvalue weighted by atomic mass is 10.00.